The molecule has 0 radical (unpaired) electrons. The Morgan fingerprint density at radius 2 is 1.79 bits per heavy atom. The van der Waals surface area contributed by atoms with E-state index in [4.69, 9.17) is 10.7 Å². The van der Waals surface area contributed by atoms with Crippen LogP contribution < -0.4 is 0 Å². The summed E-state index contributed by atoms with van der Waals surface area (Å²) >= 11 is 1.85. The lowest BCUT2D eigenvalue weighted by molar-refractivity contribution is -0.130. The van der Waals surface area contributed by atoms with E-state index >= 15 is 0 Å². The van der Waals surface area contributed by atoms with E-state index in [2.05, 4.69) is 0 Å². The molecule has 1 fully saturated rings. The molecule has 0 N–H and O–H groups in total. The van der Waals surface area contributed by atoms with Gasteiger partial charge in [-0.3, -0.25) is 4.79 Å². The first-order valence-corrected chi connectivity index (χ1v) is 9.32. The van der Waals surface area contributed by atoms with Crippen LogP contribution in [0.15, 0.2) is 29.2 Å². The van der Waals surface area contributed by atoms with E-state index in [0.29, 0.717) is 6.42 Å². The minimum absolute atomic E-state index is 0.0553. The number of nitrogens with zero attached hydrogens (tertiary/aromatic N) is 1. The van der Waals surface area contributed by atoms with Crippen LogP contribution in [0.3, 0.4) is 0 Å². The first-order valence-electron chi connectivity index (χ1n) is 5.86. The Labute approximate surface area is 121 Å². The van der Waals surface area contributed by atoms with Gasteiger partial charge in [0.2, 0.25) is 5.91 Å². The van der Waals surface area contributed by atoms with E-state index in [0.717, 1.165) is 30.2 Å². The third-order valence-corrected chi connectivity index (χ3v) is 5.24. The summed E-state index contributed by atoms with van der Waals surface area (Å²) < 4.78 is 22.2. The molecular weight excluding hydrogens is 306 g/mol. The van der Waals surface area contributed by atoms with Gasteiger partial charge in [-0.05, 0) is 17.7 Å². The highest BCUT2D eigenvalue weighted by Crippen LogP contribution is 2.16. The van der Waals surface area contributed by atoms with E-state index in [1.54, 1.807) is 12.1 Å². The van der Waals surface area contributed by atoms with Crippen molar-refractivity contribution in [3.05, 3.63) is 29.8 Å². The predicted octanol–water partition coefficient (Wildman–Crippen LogP) is 1.73. The molecule has 4 nitrogen and oxygen atoms in total. The van der Waals surface area contributed by atoms with Crippen molar-refractivity contribution < 1.29 is 13.2 Å². The highest BCUT2D eigenvalue weighted by molar-refractivity contribution is 8.13. The summed E-state index contributed by atoms with van der Waals surface area (Å²) in [7, 11) is 1.54. The predicted molar refractivity (Wildman–Crippen MR) is 77.1 cm³/mol. The highest BCUT2D eigenvalue weighted by Gasteiger charge is 2.17. The third-order valence-electron chi connectivity index (χ3n) is 2.92. The zero-order chi connectivity index (χ0) is 13.9. The van der Waals surface area contributed by atoms with Gasteiger partial charge in [0, 0.05) is 35.3 Å². The topological polar surface area (TPSA) is 54.5 Å². The third kappa shape index (κ3) is 4.12. The number of thioether (sulfide) groups is 1. The second kappa shape index (κ2) is 6.15. The normalized spacial score (nSPS) is 16.4. The lowest BCUT2D eigenvalue weighted by Gasteiger charge is -2.26. The fraction of sp³-hybridized carbons (Fsp3) is 0.417. The molecule has 1 aromatic carbocycles. The summed E-state index contributed by atoms with van der Waals surface area (Å²) in [4.78, 5) is 13.9. The second-order valence-corrected chi connectivity index (χ2v) is 8.04. The quantitative estimate of drug-likeness (QED) is 0.796. The van der Waals surface area contributed by atoms with Crippen molar-refractivity contribution >= 4 is 37.4 Å². The Hall–Kier alpha value is -0.720. The molecule has 1 amide bonds. The lowest BCUT2D eigenvalue weighted by Crippen LogP contribution is -2.38. The van der Waals surface area contributed by atoms with Gasteiger partial charge in [0.25, 0.3) is 9.05 Å². The molecule has 104 valence electrons. The fourth-order valence-electron chi connectivity index (χ4n) is 1.87. The average molecular weight is 320 g/mol. The van der Waals surface area contributed by atoms with E-state index < -0.39 is 9.05 Å². The Morgan fingerprint density at radius 3 is 2.32 bits per heavy atom. The molecule has 19 heavy (non-hydrogen) atoms. The van der Waals surface area contributed by atoms with Crippen LogP contribution in [0.25, 0.3) is 0 Å². The largest absolute Gasteiger partial charge is 0.341 e. The summed E-state index contributed by atoms with van der Waals surface area (Å²) in [5.74, 6) is 2.05. The minimum Gasteiger partial charge on any atom is -0.341 e. The van der Waals surface area contributed by atoms with Crippen LogP contribution in [0.5, 0.6) is 0 Å². The van der Waals surface area contributed by atoms with Crippen LogP contribution in [-0.2, 0) is 20.3 Å². The van der Waals surface area contributed by atoms with Crippen molar-refractivity contribution in [1.82, 2.24) is 4.90 Å². The maximum absolute atomic E-state index is 12.0. The van der Waals surface area contributed by atoms with Gasteiger partial charge in [-0.1, -0.05) is 12.1 Å². The molecule has 1 aliphatic rings. The van der Waals surface area contributed by atoms with E-state index in [1.165, 1.54) is 12.1 Å². The highest BCUT2D eigenvalue weighted by atomic mass is 35.7. The molecule has 2 rings (SSSR count). The van der Waals surface area contributed by atoms with Gasteiger partial charge >= 0.3 is 0 Å². The van der Waals surface area contributed by atoms with Crippen molar-refractivity contribution in [2.75, 3.05) is 24.6 Å². The van der Waals surface area contributed by atoms with E-state index in [9.17, 15) is 13.2 Å². The van der Waals surface area contributed by atoms with Gasteiger partial charge in [-0.15, -0.1) is 0 Å². The first kappa shape index (κ1) is 14.7. The molecule has 0 aromatic heterocycles. The summed E-state index contributed by atoms with van der Waals surface area (Å²) in [6.07, 6.45) is 0.299. The maximum atomic E-state index is 12.0. The summed E-state index contributed by atoms with van der Waals surface area (Å²) in [5, 5.41) is 0. The summed E-state index contributed by atoms with van der Waals surface area (Å²) in [6, 6.07) is 6.12. The number of rotatable bonds is 3. The van der Waals surface area contributed by atoms with E-state index in [-0.39, 0.29) is 10.8 Å². The van der Waals surface area contributed by atoms with Gasteiger partial charge in [-0.25, -0.2) is 8.42 Å². The molecule has 0 saturated carbocycles. The van der Waals surface area contributed by atoms with Gasteiger partial charge in [0.1, 0.15) is 0 Å². The van der Waals surface area contributed by atoms with Crippen molar-refractivity contribution in [1.29, 1.82) is 0 Å². The van der Waals surface area contributed by atoms with Crippen LogP contribution in [0.4, 0.5) is 0 Å². The minimum atomic E-state index is -3.69. The van der Waals surface area contributed by atoms with Gasteiger partial charge < -0.3 is 4.90 Å². The number of benzene rings is 1. The van der Waals surface area contributed by atoms with Crippen LogP contribution in [0.2, 0.25) is 0 Å². The Morgan fingerprint density at radius 1 is 1.21 bits per heavy atom. The van der Waals surface area contributed by atoms with E-state index in [1.807, 2.05) is 16.7 Å². The van der Waals surface area contributed by atoms with Crippen LogP contribution in [0, 0.1) is 0 Å². The Bertz CT molecular complexity index is 551. The number of hydrogen-bond acceptors (Lipinski definition) is 4. The monoisotopic (exact) mass is 319 g/mol. The molecule has 1 aliphatic heterocycles. The fourth-order valence-corrected chi connectivity index (χ4v) is 3.54. The van der Waals surface area contributed by atoms with Crippen molar-refractivity contribution in [3.63, 3.8) is 0 Å². The van der Waals surface area contributed by atoms with Crippen molar-refractivity contribution in [2.24, 2.45) is 0 Å². The Balaban J connectivity index is 2.01. The summed E-state index contributed by atoms with van der Waals surface area (Å²) in [6.45, 7) is 1.58. The number of carbonyl (C=O) groups excluding carboxylic acids is 1. The molecule has 7 heteroatoms. The molecule has 1 aromatic rings. The van der Waals surface area contributed by atoms with Gasteiger partial charge in [0.05, 0.1) is 11.3 Å². The molecule has 0 atom stereocenters. The molecule has 0 bridgehead atoms. The van der Waals surface area contributed by atoms with Crippen molar-refractivity contribution in [3.8, 4) is 0 Å². The van der Waals surface area contributed by atoms with Gasteiger partial charge in [-0.2, -0.15) is 11.8 Å². The molecule has 0 spiro atoms. The lowest BCUT2D eigenvalue weighted by atomic mass is 10.1. The molecule has 1 heterocycles. The molecule has 0 aliphatic carbocycles. The summed E-state index contributed by atoms with van der Waals surface area (Å²) in [5.41, 5.74) is 0.798. The zero-order valence-corrected chi connectivity index (χ0v) is 12.6. The van der Waals surface area contributed by atoms with Crippen LogP contribution in [0.1, 0.15) is 5.56 Å². The average Bonchev–Trinajstić information content (AvgIpc) is 2.39. The van der Waals surface area contributed by atoms with Gasteiger partial charge in [0.15, 0.2) is 0 Å². The Kier molecular flexibility index (Phi) is 4.76. The SMILES string of the molecule is O=C(Cc1ccc(S(=O)(=O)Cl)cc1)N1CCSCC1. The smallest absolute Gasteiger partial charge is 0.261 e. The number of halogens is 1. The van der Waals surface area contributed by atoms with Crippen LogP contribution in [-0.4, -0.2) is 43.8 Å². The maximum Gasteiger partial charge on any atom is 0.261 e. The number of hydrogen-bond donors (Lipinski definition) is 0. The second-order valence-electron chi connectivity index (χ2n) is 4.25. The molecular formula is C12H14ClNO3S2. The molecule has 0 unspecified atom stereocenters. The number of carbonyl (C=O) groups is 1. The zero-order valence-electron chi connectivity index (χ0n) is 10.2. The standard InChI is InChI=1S/C12H14ClNO3S2/c13-19(16,17)11-3-1-10(2-4-11)9-12(15)14-5-7-18-8-6-14/h1-4H,5-9H2. The van der Waals surface area contributed by atoms with Crippen molar-refractivity contribution in [2.45, 2.75) is 11.3 Å². The molecule has 1 saturated heterocycles. The first-order chi connectivity index (χ1) is 8.97. The van der Waals surface area contributed by atoms with Crippen LogP contribution >= 0.6 is 22.4 Å². The number of amides is 1.